The van der Waals surface area contributed by atoms with Crippen LogP contribution in [0.1, 0.15) is 18.9 Å². The molecule has 0 saturated carbocycles. The highest BCUT2D eigenvalue weighted by molar-refractivity contribution is 5.56. The van der Waals surface area contributed by atoms with Crippen LogP contribution in [0, 0.1) is 0 Å². The second kappa shape index (κ2) is 7.21. The van der Waals surface area contributed by atoms with Crippen LogP contribution in [0.3, 0.4) is 0 Å². The van der Waals surface area contributed by atoms with Crippen molar-refractivity contribution in [3.63, 3.8) is 0 Å². The second-order valence-corrected chi connectivity index (χ2v) is 4.01. The lowest BCUT2D eigenvalue weighted by molar-refractivity contribution is 0.269. The molecule has 0 fully saturated rings. The molecule has 0 aliphatic carbocycles. The van der Waals surface area contributed by atoms with Crippen molar-refractivity contribution < 1.29 is 9.57 Å². The molecule has 3 heteroatoms. The molecule has 3 nitrogen and oxygen atoms in total. The summed E-state index contributed by atoms with van der Waals surface area (Å²) in [7, 11) is 0. The average Bonchev–Trinajstić information content (AvgIpc) is 2.48. The van der Waals surface area contributed by atoms with Crippen molar-refractivity contribution in [2.75, 3.05) is 0 Å². The summed E-state index contributed by atoms with van der Waals surface area (Å²) in [5, 5.41) is 3.87. The lowest BCUT2D eigenvalue weighted by Gasteiger charge is -2.09. The van der Waals surface area contributed by atoms with Crippen molar-refractivity contribution in [3.8, 4) is 11.5 Å². The van der Waals surface area contributed by atoms with Gasteiger partial charge in [-0.15, -0.1) is 0 Å². The van der Waals surface area contributed by atoms with E-state index in [9.17, 15) is 0 Å². The first-order valence-electron chi connectivity index (χ1n) is 6.34. The third-order valence-electron chi connectivity index (χ3n) is 2.49. The minimum absolute atomic E-state index is 0.513. The SMILES string of the molecule is CCC=NOc1ccccc1OCc1ccccc1. The fraction of sp³-hybridized carbons (Fsp3) is 0.188. The van der Waals surface area contributed by atoms with Gasteiger partial charge >= 0.3 is 0 Å². The fourth-order valence-corrected chi connectivity index (χ4v) is 1.55. The molecule has 0 N–H and O–H groups in total. The summed E-state index contributed by atoms with van der Waals surface area (Å²) in [4.78, 5) is 5.31. The maximum Gasteiger partial charge on any atom is 0.199 e. The monoisotopic (exact) mass is 255 g/mol. The molecule has 0 spiro atoms. The molecule has 0 aliphatic rings. The van der Waals surface area contributed by atoms with Crippen molar-refractivity contribution in [1.29, 1.82) is 0 Å². The Hall–Kier alpha value is -2.29. The molecule has 0 radical (unpaired) electrons. The van der Waals surface area contributed by atoms with E-state index >= 15 is 0 Å². The topological polar surface area (TPSA) is 30.8 Å². The Balaban J connectivity index is 2.01. The van der Waals surface area contributed by atoms with E-state index in [-0.39, 0.29) is 0 Å². The number of ether oxygens (including phenoxy) is 1. The highest BCUT2D eigenvalue weighted by atomic mass is 16.6. The van der Waals surface area contributed by atoms with Crippen LogP contribution in [0.15, 0.2) is 59.8 Å². The summed E-state index contributed by atoms with van der Waals surface area (Å²) in [6, 6.07) is 17.5. The van der Waals surface area contributed by atoms with Gasteiger partial charge in [0.25, 0.3) is 0 Å². The summed E-state index contributed by atoms with van der Waals surface area (Å²) in [6.07, 6.45) is 2.56. The second-order valence-electron chi connectivity index (χ2n) is 4.01. The summed E-state index contributed by atoms with van der Waals surface area (Å²) in [6.45, 7) is 2.52. The summed E-state index contributed by atoms with van der Waals surface area (Å²) in [5.41, 5.74) is 1.12. The molecule has 0 heterocycles. The summed E-state index contributed by atoms with van der Waals surface area (Å²) in [5.74, 6) is 1.32. The zero-order chi connectivity index (χ0) is 13.3. The first-order chi connectivity index (χ1) is 9.40. The van der Waals surface area contributed by atoms with Gasteiger partial charge in [-0.2, -0.15) is 0 Å². The van der Waals surface area contributed by atoms with Crippen LogP contribution in [0.5, 0.6) is 11.5 Å². The molecule has 19 heavy (non-hydrogen) atoms. The van der Waals surface area contributed by atoms with Gasteiger partial charge in [0.15, 0.2) is 11.5 Å². The fourth-order valence-electron chi connectivity index (χ4n) is 1.55. The van der Waals surface area contributed by atoms with E-state index in [4.69, 9.17) is 9.57 Å². The van der Waals surface area contributed by atoms with E-state index in [0.29, 0.717) is 18.1 Å². The number of hydrogen-bond donors (Lipinski definition) is 0. The van der Waals surface area contributed by atoms with Gasteiger partial charge in [0.05, 0.1) is 0 Å². The van der Waals surface area contributed by atoms with Crippen LogP contribution in [0.4, 0.5) is 0 Å². The van der Waals surface area contributed by atoms with Crippen LogP contribution in [0.2, 0.25) is 0 Å². The number of hydrogen-bond acceptors (Lipinski definition) is 3. The smallest absolute Gasteiger partial charge is 0.199 e. The molecule has 2 aromatic carbocycles. The van der Waals surface area contributed by atoms with Gasteiger partial charge in [-0.3, -0.25) is 0 Å². The lowest BCUT2D eigenvalue weighted by atomic mass is 10.2. The van der Waals surface area contributed by atoms with Crippen LogP contribution >= 0.6 is 0 Å². The molecule has 0 aliphatic heterocycles. The number of nitrogens with zero attached hydrogens (tertiary/aromatic N) is 1. The third kappa shape index (κ3) is 4.14. The average molecular weight is 255 g/mol. The standard InChI is InChI=1S/C16H17NO2/c1-2-12-17-19-16-11-7-6-10-15(16)18-13-14-8-4-3-5-9-14/h3-12H,2,13H2,1H3. The maximum atomic E-state index is 5.75. The molecule has 0 aromatic heterocycles. The van der Waals surface area contributed by atoms with Crippen molar-refractivity contribution >= 4 is 6.21 Å². The lowest BCUT2D eigenvalue weighted by Crippen LogP contribution is -1.97. The summed E-state index contributed by atoms with van der Waals surface area (Å²) >= 11 is 0. The third-order valence-corrected chi connectivity index (χ3v) is 2.49. The molecule has 0 unspecified atom stereocenters. The number of oxime groups is 1. The number of para-hydroxylation sites is 2. The van der Waals surface area contributed by atoms with Gasteiger partial charge < -0.3 is 9.57 Å². The molecule has 0 atom stereocenters. The minimum atomic E-state index is 0.513. The molecular formula is C16H17NO2. The van der Waals surface area contributed by atoms with Crippen LogP contribution in [-0.2, 0) is 6.61 Å². The Bertz CT molecular complexity index is 523. The first-order valence-corrected chi connectivity index (χ1v) is 6.34. The highest BCUT2D eigenvalue weighted by Gasteiger charge is 2.04. The van der Waals surface area contributed by atoms with Gasteiger partial charge in [0.1, 0.15) is 6.61 Å². The minimum Gasteiger partial charge on any atom is -0.485 e. The Kier molecular flexibility index (Phi) is 4.99. The zero-order valence-electron chi connectivity index (χ0n) is 11.0. The zero-order valence-corrected chi connectivity index (χ0v) is 11.0. The predicted molar refractivity (Wildman–Crippen MR) is 76.6 cm³/mol. The van der Waals surface area contributed by atoms with Crippen molar-refractivity contribution in [2.24, 2.45) is 5.16 Å². The molecule has 0 bridgehead atoms. The van der Waals surface area contributed by atoms with Gasteiger partial charge in [0, 0.05) is 6.21 Å². The Morgan fingerprint density at radius 1 is 0.947 bits per heavy atom. The maximum absolute atomic E-state index is 5.75. The van der Waals surface area contributed by atoms with Crippen LogP contribution in [-0.4, -0.2) is 6.21 Å². The van der Waals surface area contributed by atoms with Crippen molar-refractivity contribution in [1.82, 2.24) is 0 Å². The van der Waals surface area contributed by atoms with Gasteiger partial charge in [-0.1, -0.05) is 54.5 Å². The van der Waals surface area contributed by atoms with Crippen LogP contribution in [0.25, 0.3) is 0 Å². The largest absolute Gasteiger partial charge is 0.485 e. The Labute approximate surface area is 113 Å². The summed E-state index contributed by atoms with van der Waals surface area (Å²) < 4.78 is 5.75. The molecule has 98 valence electrons. The number of rotatable bonds is 6. The highest BCUT2D eigenvalue weighted by Crippen LogP contribution is 2.27. The van der Waals surface area contributed by atoms with Gasteiger partial charge in [-0.25, -0.2) is 0 Å². The van der Waals surface area contributed by atoms with Crippen LogP contribution < -0.4 is 9.57 Å². The van der Waals surface area contributed by atoms with Crippen molar-refractivity contribution in [2.45, 2.75) is 20.0 Å². The molecule has 2 rings (SSSR count). The normalized spacial score (nSPS) is 10.6. The predicted octanol–water partition coefficient (Wildman–Crippen LogP) is 4.04. The van der Waals surface area contributed by atoms with E-state index in [1.807, 2.05) is 61.5 Å². The first kappa shape index (κ1) is 13.1. The van der Waals surface area contributed by atoms with E-state index in [0.717, 1.165) is 12.0 Å². The van der Waals surface area contributed by atoms with Gasteiger partial charge in [-0.05, 0) is 24.1 Å². The number of benzene rings is 2. The van der Waals surface area contributed by atoms with E-state index in [1.165, 1.54) is 0 Å². The molecule has 0 amide bonds. The van der Waals surface area contributed by atoms with E-state index in [2.05, 4.69) is 5.16 Å². The molecular weight excluding hydrogens is 238 g/mol. The Morgan fingerprint density at radius 3 is 2.37 bits per heavy atom. The quantitative estimate of drug-likeness (QED) is 0.576. The Morgan fingerprint density at radius 2 is 1.63 bits per heavy atom. The van der Waals surface area contributed by atoms with E-state index in [1.54, 1.807) is 6.21 Å². The van der Waals surface area contributed by atoms with Crippen molar-refractivity contribution in [3.05, 3.63) is 60.2 Å². The van der Waals surface area contributed by atoms with E-state index < -0.39 is 0 Å². The molecule has 0 saturated heterocycles. The van der Waals surface area contributed by atoms with Gasteiger partial charge in [0.2, 0.25) is 0 Å². The molecule has 2 aromatic rings.